The Morgan fingerprint density at radius 2 is 0.979 bits per heavy atom. The predicted molar refractivity (Wildman–Crippen MR) is 178 cm³/mol. The molecule has 246 valence electrons. The van der Waals surface area contributed by atoms with Gasteiger partial charge >= 0.3 is 5.97 Å². The summed E-state index contributed by atoms with van der Waals surface area (Å²) in [4.78, 5) is 13.5. The second-order valence-electron chi connectivity index (χ2n) is 12.2. The van der Waals surface area contributed by atoms with E-state index in [2.05, 4.69) is 0 Å². The summed E-state index contributed by atoms with van der Waals surface area (Å²) < 4.78 is 39.1. The molecule has 4 aromatic rings. The number of ether oxygens (including phenoxy) is 6. The average molecular weight is 637 g/mol. The fourth-order valence-corrected chi connectivity index (χ4v) is 6.21. The molecule has 6 rings (SSSR count). The minimum absolute atomic E-state index is 0.142. The summed E-state index contributed by atoms with van der Waals surface area (Å²) in [6.07, 6.45) is 0.106. The number of carbonyl (C=O) groups excluding carboxylic acids is 1. The molecule has 4 aromatic carbocycles. The first kappa shape index (κ1) is 33.1. The molecule has 0 N–H and O–H groups in total. The highest BCUT2D eigenvalue weighted by Gasteiger charge is 2.50. The highest BCUT2D eigenvalue weighted by molar-refractivity contribution is 5.72. The Morgan fingerprint density at radius 3 is 1.47 bits per heavy atom. The van der Waals surface area contributed by atoms with Gasteiger partial charge in [-0.05, 0) is 35.1 Å². The molecule has 7 heteroatoms. The zero-order chi connectivity index (χ0) is 32.1. The van der Waals surface area contributed by atoms with Crippen LogP contribution in [0.15, 0.2) is 121 Å². The molecule has 2 fully saturated rings. The number of hydrogen-bond acceptors (Lipinski definition) is 7. The molecule has 0 spiro atoms. The van der Waals surface area contributed by atoms with Crippen molar-refractivity contribution >= 4 is 5.97 Å². The van der Waals surface area contributed by atoms with Crippen LogP contribution >= 0.6 is 0 Å². The molecule has 1 aliphatic carbocycles. The van der Waals surface area contributed by atoms with Crippen LogP contribution in [-0.2, 0) is 59.6 Å². The topological polar surface area (TPSA) is 72.5 Å². The molecule has 7 nitrogen and oxygen atoms in total. The van der Waals surface area contributed by atoms with Crippen LogP contribution in [0.25, 0.3) is 0 Å². The third-order valence-corrected chi connectivity index (χ3v) is 8.76. The van der Waals surface area contributed by atoms with Gasteiger partial charge in [-0.25, -0.2) is 0 Å². The normalized spacial score (nSPS) is 23.0. The summed E-state index contributed by atoms with van der Waals surface area (Å²) in [5, 5.41) is 0. The van der Waals surface area contributed by atoms with Gasteiger partial charge in [0.05, 0.1) is 39.0 Å². The van der Waals surface area contributed by atoms with E-state index in [4.69, 9.17) is 28.4 Å². The zero-order valence-corrected chi connectivity index (χ0v) is 26.7. The second-order valence-corrected chi connectivity index (χ2v) is 12.2. The van der Waals surface area contributed by atoms with Crippen LogP contribution in [0.5, 0.6) is 0 Å². The van der Waals surface area contributed by atoms with Crippen molar-refractivity contribution in [2.75, 3.05) is 6.61 Å². The van der Waals surface area contributed by atoms with E-state index < -0.39 is 30.7 Å². The van der Waals surface area contributed by atoms with Gasteiger partial charge in [0.15, 0.2) is 0 Å². The summed E-state index contributed by atoms with van der Waals surface area (Å²) in [5.74, 6) is -0.396. The second kappa shape index (κ2) is 17.3. The molecule has 2 aliphatic rings. The lowest BCUT2D eigenvalue weighted by molar-refractivity contribution is -0.321. The lowest BCUT2D eigenvalue weighted by Crippen LogP contribution is -2.62. The molecular formula is C40H44O7. The quantitative estimate of drug-likeness (QED) is 0.126. The Bertz CT molecular complexity index is 1460. The summed E-state index contributed by atoms with van der Waals surface area (Å²) in [6, 6.07) is 40.0. The Labute approximate surface area is 277 Å². The summed E-state index contributed by atoms with van der Waals surface area (Å²) in [7, 11) is 0. The summed E-state index contributed by atoms with van der Waals surface area (Å²) >= 11 is 0. The molecule has 0 bridgehead atoms. The van der Waals surface area contributed by atoms with E-state index in [0.717, 1.165) is 47.9 Å². The number of hydrogen-bond donors (Lipinski definition) is 0. The van der Waals surface area contributed by atoms with E-state index in [0.29, 0.717) is 19.8 Å². The number of rotatable bonds is 15. The minimum Gasteiger partial charge on any atom is -0.432 e. The molecular weight excluding hydrogens is 592 g/mol. The molecule has 0 aromatic heterocycles. The van der Waals surface area contributed by atoms with Crippen molar-refractivity contribution in [2.24, 2.45) is 5.92 Å². The van der Waals surface area contributed by atoms with Crippen LogP contribution in [0.3, 0.4) is 0 Å². The number of carbonyl (C=O) groups is 1. The molecule has 47 heavy (non-hydrogen) atoms. The first-order chi connectivity index (χ1) is 23.2. The van der Waals surface area contributed by atoms with Crippen molar-refractivity contribution in [3.05, 3.63) is 144 Å². The largest absolute Gasteiger partial charge is 0.432 e. The predicted octanol–water partition coefficient (Wildman–Crippen LogP) is 7.42. The van der Waals surface area contributed by atoms with Gasteiger partial charge in [-0.3, -0.25) is 4.79 Å². The monoisotopic (exact) mass is 636 g/mol. The van der Waals surface area contributed by atoms with Crippen molar-refractivity contribution in [2.45, 2.75) is 82.8 Å². The molecule has 5 atom stereocenters. The standard InChI is InChI=1S/C40H44O7/c41-39(34-23-13-14-24-34)47-40-38(45-28-33-21-11-4-12-22-33)37(44-27-32-19-9-3-10-20-32)36(43-26-31-17-7-2-8-18-31)35(46-40)29-42-25-30-15-5-1-6-16-30/h1-12,15-22,34-38,40H,13-14,23-29H2/t35?,36-,37?,38+,40+/m0/s1. The van der Waals surface area contributed by atoms with Crippen LogP contribution in [-0.4, -0.2) is 43.3 Å². The number of benzene rings is 4. The third-order valence-electron chi connectivity index (χ3n) is 8.76. The van der Waals surface area contributed by atoms with E-state index in [1.165, 1.54) is 0 Å². The fraction of sp³-hybridized carbons (Fsp3) is 0.375. The lowest BCUT2D eigenvalue weighted by atomic mass is 9.97. The molecule has 0 radical (unpaired) electrons. The van der Waals surface area contributed by atoms with Crippen LogP contribution in [0, 0.1) is 5.92 Å². The van der Waals surface area contributed by atoms with Crippen LogP contribution < -0.4 is 0 Å². The first-order valence-corrected chi connectivity index (χ1v) is 16.7. The van der Waals surface area contributed by atoms with E-state index >= 15 is 0 Å². The lowest BCUT2D eigenvalue weighted by Gasteiger charge is -2.45. The maximum atomic E-state index is 13.5. The van der Waals surface area contributed by atoms with Gasteiger partial charge in [0, 0.05) is 0 Å². The first-order valence-electron chi connectivity index (χ1n) is 16.7. The van der Waals surface area contributed by atoms with E-state index in [-0.39, 0.29) is 25.1 Å². The van der Waals surface area contributed by atoms with Crippen LogP contribution in [0.2, 0.25) is 0 Å². The minimum atomic E-state index is -1.01. The smallest absolute Gasteiger partial charge is 0.311 e. The maximum Gasteiger partial charge on any atom is 0.311 e. The summed E-state index contributed by atoms with van der Waals surface area (Å²) in [6.45, 7) is 1.57. The molecule has 1 saturated carbocycles. The Morgan fingerprint density at radius 1 is 0.553 bits per heavy atom. The van der Waals surface area contributed by atoms with E-state index in [9.17, 15) is 4.79 Å². The van der Waals surface area contributed by atoms with Crippen molar-refractivity contribution < 1.29 is 33.2 Å². The van der Waals surface area contributed by atoms with Gasteiger partial charge in [-0.1, -0.05) is 134 Å². The molecule has 1 aliphatic heterocycles. The third kappa shape index (κ3) is 9.60. The molecule has 1 heterocycles. The van der Waals surface area contributed by atoms with Gasteiger partial charge in [0.25, 0.3) is 0 Å². The van der Waals surface area contributed by atoms with Crippen LogP contribution in [0.1, 0.15) is 47.9 Å². The van der Waals surface area contributed by atoms with E-state index in [1.54, 1.807) is 0 Å². The highest BCUT2D eigenvalue weighted by atomic mass is 16.7. The van der Waals surface area contributed by atoms with Gasteiger partial charge in [-0.2, -0.15) is 0 Å². The highest BCUT2D eigenvalue weighted by Crippen LogP contribution is 2.33. The Kier molecular flexibility index (Phi) is 12.2. The fourth-order valence-electron chi connectivity index (χ4n) is 6.21. The van der Waals surface area contributed by atoms with E-state index in [1.807, 2.05) is 121 Å². The van der Waals surface area contributed by atoms with Crippen molar-refractivity contribution in [1.29, 1.82) is 0 Å². The van der Waals surface area contributed by atoms with Crippen molar-refractivity contribution in [3.63, 3.8) is 0 Å². The molecule has 0 amide bonds. The SMILES string of the molecule is O=C(O[C@H]1OC(COCc2ccccc2)[C@H](OCc2ccccc2)C(OCc2ccccc2)[C@H]1OCc1ccccc1)C1CCCC1. The molecule has 2 unspecified atom stereocenters. The zero-order valence-electron chi connectivity index (χ0n) is 26.7. The van der Waals surface area contributed by atoms with Gasteiger partial charge in [-0.15, -0.1) is 0 Å². The number of esters is 1. The van der Waals surface area contributed by atoms with Gasteiger partial charge < -0.3 is 28.4 Å². The Hall–Kier alpha value is -3.85. The van der Waals surface area contributed by atoms with Gasteiger partial charge in [0.1, 0.15) is 24.4 Å². The average Bonchev–Trinajstić information content (AvgIpc) is 3.67. The van der Waals surface area contributed by atoms with Crippen LogP contribution in [0.4, 0.5) is 0 Å². The Balaban J connectivity index is 1.30. The van der Waals surface area contributed by atoms with Crippen molar-refractivity contribution in [3.8, 4) is 0 Å². The maximum absolute atomic E-state index is 13.5. The molecule has 1 saturated heterocycles. The van der Waals surface area contributed by atoms with Crippen molar-refractivity contribution in [1.82, 2.24) is 0 Å². The van der Waals surface area contributed by atoms with Gasteiger partial charge in [0.2, 0.25) is 6.29 Å². The summed E-state index contributed by atoms with van der Waals surface area (Å²) in [5.41, 5.74) is 4.08.